The molecule has 2 heterocycles. The van der Waals surface area contributed by atoms with Gasteiger partial charge in [0.25, 0.3) is 0 Å². The maximum Gasteiger partial charge on any atom is 0.0567 e. The molecule has 0 amide bonds. The second-order valence-corrected chi connectivity index (χ2v) is 7.18. The third-order valence-electron chi connectivity index (χ3n) is 5.06. The van der Waals surface area contributed by atoms with E-state index in [2.05, 4.69) is 28.2 Å². The first-order valence-electron chi connectivity index (χ1n) is 8.01. The molecular formula is C16H27N3S. The van der Waals surface area contributed by atoms with Gasteiger partial charge in [0.1, 0.15) is 0 Å². The summed E-state index contributed by atoms with van der Waals surface area (Å²) in [5, 5.41) is 2.20. The molecule has 3 rings (SSSR count). The summed E-state index contributed by atoms with van der Waals surface area (Å²) in [6.45, 7) is 7.76. The van der Waals surface area contributed by atoms with Crippen LogP contribution in [0.4, 0.5) is 0 Å². The molecule has 1 unspecified atom stereocenters. The normalized spacial score (nSPS) is 24.3. The van der Waals surface area contributed by atoms with E-state index in [-0.39, 0.29) is 0 Å². The number of piperazine rings is 1. The van der Waals surface area contributed by atoms with Crippen LogP contribution in [0.3, 0.4) is 0 Å². The number of aryl methyl sites for hydroxylation is 1. The van der Waals surface area contributed by atoms with Crippen molar-refractivity contribution in [2.24, 2.45) is 5.73 Å². The van der Waals surface area contributed by atoms with Gasteiger partial charge in [0.15, 0.2) is 0 Å². The number of hydrogen-bond acceptors (Lipinski definition) is 4. The summed E-state index contributed by atoms with van der Waals surface area (Å²) < 4.78 is 0. The Labute approximate surface area is 126 Å². The fourth-order valence-electron chi connectivity index (χ4n) is 3.83. The molecule has 0 bridgehead atoms. The van der Waals surface area contributed by atoms with Crippen LogP contribution in [0.15, 0.2) is 11.4 Å². The quantitative estimate of drug-likeness (QED) is 0.926. The van der Waals surface area contributed by atoms with Gasteiger partial charge < -0.3 is 5.73 Å². The van der Waals surface area contributed by atoms with E-state index in [1.54, 1.807) is 0 Å². The Morgan fingerprint density at radius 2 is 1.95 bits per heavy atom. The van der Waals surface area contributed by atoms with Gasteiger partial charge in [-0.1, -0.05) is 12.8 Å². The van der Waals surface area contributed by atoms with Crippen molar-refractivity contribution in [1.29, 1.82) is 0 Å². The molecule has 20 heavy (non-hydrogen) atoms. The zero-order valence-electron chi connectivity index (χ0n) is 12.6. The van der Waals surface area contributed by atoms with E-state index in [1.165, 1.54) is 62.3 Å². The lowest BCUT2D eigenvalue weighted by atomic mass is 10.1. The van der Waals surface area contributed by atoms with Gasteiger partial charge in [-0.2, -0.15) is 0 Å². The van der Waals surface area contributed by atoms with Gasteiger partial charge >= 0.3 is 0 Å². The largest absolute Gasteiger partial charge is 0.329 e. The first kappa shape index (κ1) is 14.5. The summed E-state index contributed by atoms with van der Waals surface area (Å²) in [4.78, 5) is 6.80. The summed E-state index contributed by atoms with van der Waals surface area (Å²) >= 11 is 1.87. The van der Waals surface area contributed by atoms with Crippen molar-refractivity contribution in [3.8, 4) is 0 Å². The fraction of sp³-hybridized carbons (Fsp3) is 0.750. The second-order valence-electron chi connectivity index (χ2n) is 6.23. The lowest BCUT2D eigenvalue weighted by Gasteiger charge is -2.41. The molecule has 2 aliphatic rings. The molecule has 1 atom stereocenters. The number of nitrogens with two attached hydrogens (primary N) is 1. The van der Waals surface area contributed by atoms with Crippen LogP contribution in [0, 0.1) is 6.92 Å². The van der Waals surface area contributed by atoms with Crippen molar-refractivity contribution in [1.82, 2.24) is 9.80 Å². The van der Waals surface area contributed by atoms with E-state index < -0.39 is 0 Å². The molecule has 4 heteroatoms. The summed E-state index contributed by atoms with van der Waals surface area (Å²) in [6, 6.07) is 3.52. The van der Waals surface area contributed by atoms with Crippen molar-refractivity contribution in [3.63, 3.8) is 0 Å². The lowest BCUT2D eigenvalue weighted by molar-refractivity contribution is 0.0730. The maximum atomic E-state index is 6.07. The van der Waals surface area contributed by atoms with Gasteiger partial charge in [-0.05, 0) is 36.8 Å². The van der Waals surface area contributed by atoms with Gasteiger partial charge in [0.2, 0.25) is 0 Å². The van der Waals surface area contributed by atoms with Crippen molar-refractivity contribution < 1.29 is 0 Å². The highest BCUT2D eigenvalue weighted by molar-refractivity contribution is 7.10. The Kier molecular flexibility index (Phi) is 4.76. The zero-order valence-corrected chi connectivity index (χ0v) is 13.4. The minimum absolute atomic E-state index is 0.431. The topological polar surface area (TPSA) is 32.5 Å². The number of thiophene rings is 1. The molecule has 3 nitrogen and oxygen atoms in total. The minimum atomic E-state index is 0.431. The highest BCUT2D eigenvalue weighted by Gasteiger charge is 2.29. The van der Waals surface area contributed by atoms with Gasteiger partial charge in [-0.15, -0.1) is 11.3 Å². The van der Waals surface area contributed by atoms with Gasteiger partial charge in [0.05, 0.1) is 6.04 Å². The lowest BCUT2D eigenvalue weighted by Crippen LogP contribution is -2.51. The Morgan fingerprint density at radius 1 is 1.25 bits per heavy atom. The summed E-state index contributed by atoms with van der Waals surface area (Å²) in [5.74, 6) is 0. The number of hydrogen-bond donors (Lipinski definition) is 1. The van der Waals surface area contributed by atoms with Crippen LogP contribution < -0.4 is 5.73 Å². The molecule has 0 radical (unpaired) electrons. The standard InChI is InChI=1S/C16H27N3S/c1-13-6-11-20-16(13)15(12-17)19-9-7-18(8-10-19)14-4-2-3-5-14/h6,11,14-15H,2-5,7-10,12,17H2,1H3. The molecular weight excluding hydrogens is 266 g/mol. The molecule has 1 aliphatic heterocycles. The van der Waals surface area contributed by atoms with Crippen molar-refractivity contribution in [2.75, 3.05) is 32.7 Å². The van der Waals surface area contributed by atoms with Crippen LogP contribution >= 0.6 is 11.3 Å². The Bertz CT molecular complexity index is 417. The van der Waals surface area contributed by atoms with E-state index in [0.717, 1.165) is 12.6 Å². The maximum absolute atomic E-state index is 6.07. The van der Waals surface area contributed by atoms with Gasteiger partial charge in [-0.25, -0.2) is 0 Å². The summed E-state index contributed by atoms with van der Waals surface area (Å²) in [7, 11) is 0. The first-order chi connectivity index (χ1) is 9.79. The average molecular weight is 293 g/mol. The molecule has 1 saturated carbocycles. The highest BCUT2D eigenvalue weighted by atomic mass is 32.1. The SMILES string of the molecule is Cc1ccsc1C(CN)N1CCN(C2CCCC2)CC1. The molecule has 1 aromatic rings. The molecule has 1 saturated heterocycles. The molecule has 1 aliphatic carbocycles. The van der Waals surface area contributed by atoms with Crippen LogP contribution in [-0.2, 0) is 0 Å². The molecule has 112 valence electrons. The zero-order chi connectivity index (χ0) is 13.9. The Balaban J connectivity index is 1.60. The van der Waals surface area contributed by atoms with Crippen LogP contribution in [0.5, 0.6) is 0 Å². The highest BCUT2D eigenvalue weighted by Crippen LogP contribution is 2.30. The van der Waals surface area contributed by atoms with Gasteiger partial charge in [-0.3, -0.25) is 9.80 Å². The van der Waals surface area contributed by atoms with E-state index in [0.29, 0.717) is 6.04 Å². The van der Waals surface area contributed by atoms with Crippen LogP contribution in [0.2, 0.25) is 0 Å². The summed E-state index contributed by atoms with van der Waals surface area (Å²) in [5.41, 5.74) is 7.48. The van der Waals surface area contributed by atoms with Crippen molar-refractivity contribution >= 4 is 11.3 Å². The average Bonchev–Trinajstić information content (AvgIpc) is 3.13. The van der Waals surface area contributed by atoms with Gasteiger partial charge in [0, 0.05) is 43.6 Å². The van der Waals surface area contributed by atoms with Crippen LogP contribution in [0.25, 0.3) is 0 Å². The molecule has 0 spiro atoms. The molecule has 0 aromatic carbocycles. The summed E-state index contributed by atoms with van der Waals surface area (Å²) in [6.07, 6.45) is 5.71. The predicted octanol–water partition coefficient (Wildman–Crippen LogP) is 2.62. The van der Waals surface area contributed by atoms with Crippen LogP contribution in [-0.4, -0.2) is 48.6 Å². The third kappa shape index (κ3) is 2.93. The monoisotopic (exact) mass is 293 g/mol. The number of rotatable bonds is 4. The van der Waals surface area contributed by atoms with Crippen molar-refractivity contribution in [2.45, 2.75) is 44.7 Å². The van der Waals surface area contributed by atoms with E-state index in [1.807, 2.05) is 11.3 Å². The van der Waals surface area contributed by atoms with E-state index >= 15 is 0 Å². The Morgan fingerprint density at radius 3 is 2.50 bits per heavy atom. The molecule has 2 N–H and O–H groups in total. The fourth-order valence-corrected chi connectivity index (χ4v) is 4.91. The minimum Gasteiger partial charge on any atom is -0.329 e. The predicted molar refractivity (Wildman–Crippen MR) is 86.3 cm³/mol. The first-order valence-corrected chi connectivity index (χ1v) is 8.89. The van der Waals surface area contributed by atoms with E-state index in [9.17, 15) is 0 Å². The van der Waals surface area contributed by atoms with Crippen molar-refractivity contribution in [3.05, 3.63) is 21.9 Å². The second kappa shape index (κ2) is 6.56. The van der Waals surface area contributed by atoms with E-state index in [4.69, 9.17) is 5.73 Å². The molecule has 1 aromatic heterocycles. The Hall–Kier alpha value is -0.420. The molecule has 2 fully saturated rings. The smallest absolute Gasteiger partial charge is 0.0567 e. The third-order valence-corrected chi connectivity index (χ3v) is 6.18. The van der Waals surface area contributed by atoms with Crippen LogP contribution in [0.1, 0.15) is 42.2 Å². The number of nitrogens with zero attached hydrogens (tertiary/aromatic N) is 2.